The molecule has 2 heterocycles. The number of nitrogens with zero attached hydrogens (tertiary/aromatic N) is 1. The van der Waals surface area contributed by atoms with Gasteiger partial charge in [-0.15, -0.1) is 0 Å². The summed E-state index contributed by atoms with van der Waals surface area (Å²) in [6.45, 7) is 1.43. The van der Waals surface area contributed by atoms with Crippen LogP contribution in [0.3, 0.4) is 0 Å². The van der Waals surface area contributed by atoms with Gasteiger partial charge in [0.05, 0.1) is 0 Å². The lowest BCUT2D eigenvalue weighted by molar-refractivity contribution is -0.138. The number of carbonyl (C=O) groups excluding carboxylic acids is 2. The van der Waals surface area contributed by atoms with Gasteiger partial charge in [0.2, 0.25) is 11.8 Å². The van der Waals surface area contributed by atoms with Gasteiger partial charge in [0, 0.05) is 24.8 Å². The van der Waals surface area contributed by atoms with Crippen LogP contribution in [-0.4, -0.2) is 46.3 Å². The molecule has 1 atom stereocenters. The van der Waals surface area contributed by atoms with Crippen molar-refractivity contribution >= 4 is 23.6 Å². The van der Waals surface area contributed by atoms with Gasteiger partial charge in [-0.25, -0.2) is 0 Å². The lowest BCUT2D eigenvalue weighted by Crippen LogP contribution is -2.56. The summed E-state index contributed by atoms with van der Waals surface area (Å²) in [5.41, 5.74) is -0.563. The van der Waals surface area contributed by atoms with Gasteiger partial charge in [0.15, 0.2) is 0 Å². The molecule has 3 rings (SSSR count). The molecule has 0 aromatic rings. The quantitative estimate of drug-likeness (QED) is 0.847. The molecule has 0 aromatic heterocycles. The number of amides is 2. The monoisotopic (exact) mass is 296 g/mol. The molecule has 1 aliphatic carbocycles. The smallest absolute Gasteiger partial charge is 0.248 e. The predicted octanol–water partition coefficient (Wildman–Crippen LogP) is 1.93. The standard InChI is InChI=1S/C15H24N2O2S/c18-13-6-9-17(11-12-5-1-4-10-20-12)14(19)15(16-13)7-2-3-8-15/h12H,1-11H2,(H,16,18). The molecule has 1 N–H and O–H groups in total. The third-order valence-electron chi connectivity index (χ3n) is 4.84. The van der Waals surface area contributed by atoms with Crippen LogP contribution >= 0.6 is 11.8 Å². The van der Waals surface area contributed by atoms with E-state index in [1.165, 1.54) is 25.0 Å². The van der Waals surface area contributed by atoms with Gasteiger partial charge in [0.1, 0.15) is 5.54 Å². The van der Waals surface area contributed by atoms with Crippen LogP contribution in [-0.2, 0) is 9.59 Å². The van der Waals surface area contributed by atoms with Crippen LogP contribution in [0.4, 0.5) is 0 Å². The van der Waals surface area contributed by atoms with Gasteiger partial charge < -0.3 is 10.2 Å². The van der Waals surface area contributed by atoms with E-state index in [4.69, 9.17) is 0 Å². The average molecular weight is 296 g/mol. The summed E-state index contributed by atoms with van der Waals surface area (Å²) < 4.78 is 0. The number of hydrogen-bond donors (Lipinski definition) is 1. The number of nitrogens with one attached hydrogen (secondary N) is 1. The second kappa shape index (κ2) is 5.96. The number of hydrogen-bond acceptors (Lipinski definition) is 3. The highest BCUT2D eigenvalue weighted by atomic mass is 32.2. The van der Waals surface area contributed by atoms with Crippen molar-refractivity contribution in [2.75, 3.05) is 18.8 Å². The molecule has 20 heavy (non-hydrogen) atoms. The van der Waals surface area contributed by atoms with Crippen molar-refractivity contribution in [1.82, 2.24) is 10.2 Å². The van der Waals surface area contributed by atoms with Crippen LogP contribution in [0, 0.1) is 0 Å². The highest BCUT2D eigenvalue weighted by molar-refractivity contribution is 7.99. The van der Waals surface area contributed by atoms with Gasteiger partial charge in [-0.05, 0) is 31.4 Å². The largest absolute Gasteiger partial charge is 0.342 e. The summed E-state index contributed by atoms with van der Waals surface area (Å²) in [6, 6.07) is 0. The third kappa shape index (κ3) is 2.83. The molecule has 0 radical (unpaired) electrons. The molecule has 3 aliphatic rings. The molecule has 1 unspecified atom stereocenters. The lowest BCUT2D eigenvalue weighted by atomic mass is 9.95. The molecule has 0 aromatic carbocycles. The first-order valence-electron chi connectivity index (χ1n) is 7.92. The molecule has 2 aliphatic heterocycles. The Bertz CT molecular complexity index is 387. The Labute approximate surface area is 125 Å². The Kier molecular flexibility index (Phi) is 4.24. The van der Waals surface area contributed by atoms with Crippen molar-refractivity contribution < 1.29 is 9.59 Å². The normalized spacial score (nSPS) is 30.4. The van der Waals surface area contributed by atoms with Gasteiger partial charge in [-0.3, -0.25) is 9.59 Å². The van der Waals surface area contributed by atoms with E-state index in [1.807, 2.05) is 16.7 Å². The molecule has 5 heteroatoms. The van der Waals surface area contributed by atoms with Crippen molar-refractivity contribution in [2.45, 2.75) is 62.2 Å². The molecule has 0 bridgehead atoms. The van der Waals surface area contributed by atoms with Crippen LogP contribution in [0.5, 0.6) is 0 Å². The van der Waals surface area contributed by atoms with Crippen molar-refractivity contribution in [3.05, 3.63) is 0 Å². The third-order valence-corrected chi connectivity index (χ3v) is 6.22. The van der Waals surface area contributed by atoms with E-state index in [1.54, 1.807) is 0 Å². The predicted molar refractivity (Wildman–Crippen MR) is 80.6 cm³/mol. The first kappa shape index (κ1) is 14.2. The van der Waals surface area contributed by atoms with E-state index in [0.717, 1.165) is 32.2 Å². The molecule has 1 saturated carbocycles. The minimum absolute atomic E-state index is 0.0547. The highest BCUT2D eigenvalue weighted by Gasteiger charge is 2.46. The van der Waals surface area contributed by atoms with Gasteiger partial charge in [-0.1, -0.05) is 19.3 Å². The minimum atomic E-state index is -0.563. The van der Waals surface area contributed by atoms with Gasteiger partial charge >= 0.3 is 0 Å². The highest BCUT2D eigenvalue weighted by Crippen LogP contribution is 2.34. The average Bonchev–Trinajstić information content (AvgIpc) is 2.89. The van der Waals surface area contributed by atoms with E-state index in [9.17, 15) is 9.59 Å². The van der Waals surface area contributed by atoms with Gasteiger partial charge in [-0.2, -0.15) is 11.8 Å². The number of carbonyl (C=O) groups is 2. The summed E-state index contributed by atoms with van der Waals surface area (Å²) in [4.78, 5) is 26.8. The summed E-state index contributed by atoms with van der Waals surface area (Å²) in [5, 5.41) is 3.60. The van der Waals surface area contributed by atoms with E-state index < -0.39 is 5.54 Å². The first-order valence-corrected chi connectivity index (χ1v) is 8.96. The van der Waals surface area contributed by atoms with Crippen molar-refractivity contribution in [3.8, 4) is 0 Å². The van der Waals surface area contributed by atoms with Crippen LogP contribution < -0.4 is 5.32 Å². The Morgan fingerprint density at radius 3 is 2.70 bits per heavy atom. The molecule has 1 spiro atoms. The van der Waals surface area contributed by atoms with Crippen LogP contribution in [0.2, 0.25) is 0 Å². The zero-order valence-electron chi connectivity index (χ0n) is 12.0. The second-order valence-corrected chi connectivity index (χ2v) is 7.74. The minimum Gasteiger partial charge on any atom is -0.342 e. The molecule has 4 nitrogen and oxygen atoms in total. The Balaban J connectivity index is 1.72. The Morgan fingerprint density at radius 2 is 2.00 bits per heavy atom. The van der Waals surface area contributed by atoms with Crippen LogP contribution in [0.1, 0.15) is 51.4 Å². The molecular formula is C15H24N2O2S. The number of rotatable bonds is 2. The molecular weight excluding hydrogens is 272 g/mol. The maximum Gasteiger partial charge on any atom is 0.248 e. The summed E-state index contributed by atoms with van der Waals surface area (Å²) in [5.74, 6) is 1.46. The Hall–Kier alpha value is -0.710. The van der Waals surface area contributed by atoms with Crippen LogP contribution in [0.25, 0.3) is 0 Å². The molecule has 112 valence electrons. The van der Waals surface area contributed by atoms with Crippen molar-refractivity contribution in [2.24, 2.45) is 0 Å². The zero-order chi connectivity index (χ0) is 14.0. The topological polar surface area (TPSA) is 49.4 Å². The lowest BCUT2D eigenvalue weighted by Gasteiger charge is -2.34. The van der Waals surface area contributed by atoms with E-state index in [-0.39, 0.29) is 11.8 Å². The Morgan fingerprint density at radius 1 is 1.20 bits per heavy atom. The fourth-order valence-corrected chi connectivity index (χ4v) is 5.04. The van der Waals surface area contributed by atoms with E-state index in [2.05, 4.69) is 5.32 Å². The fourth-order valence-electron chi connectivity index (χ4n) is 3.71. The zero-order valence-corrected chi connectivity index (χ0v) is 12.8. The maximum atomic E-state index is 12.9. The first-order chi connectivity index (χ1) is 9.70. The molecule has 3 fully saturated rings. The van der Waals surface area contributed by atoms with Crippen LogP contribution in [0.15, 0.2) is 0 Å². The number of thioether (sulfide) groups is 1. The molecule has 2 amide bonds. The van der Waals surface area contributed by atoms with E-state index >= 15 is 0 Å². The van der Waals surface area contributed by atoms with Crippen molar-refractivity contribution in [3.63, 3.8) is 0 Å². The summed E-state index contributed by atoms with van der Waals surface area (Å²) in [6.07, 6.45) is 8.02. The summed E-state index contributed by atoms with van der Waals surface area (Å²) in [7, 11) is 0. The van der Waals surface area contributed by atoms with Gasteiger partial charge in [0.25, 0.3) is 0 Å². The SMILES string of the molecule is O=C1CCN(CC2CCCCS2)C(=O)C2(CCCC2)N1. The van der Waals surface area contributed by atoms with Crippen molar-refractivity contribution in [1.29, 1.82) is 0 Å². The maximum absolute atomic E-state index is 12.9. The van der Waals surface area contributed by atoms with E-state index in [0.29, 0.717) is 18.2 Å². The fraction of sp³-hybridized carbons (Fsp3) is 0.867. The second-order valence-electron chi connectivity index (χ2n) is 6.33. The summed E-state index contributed by atoms with van der Waals surface area (Å²) >= 11 is 2.00. The molecule has 2 saturated heterocycles.